The number of fused-ring (bicyclic) bond motifs is 3. The highest BCUT2D eigenvalue weighted by Gasteiger charge is 2.13. The van der Waals surface area contributed by atoms with Crippen LogP contribution in [0.5, 0.6) is 0 Å². The van der Waals surface area contributed by atoms with Crippen molar-refractivity contribution in [2.45, 2.75) is 20.8 Å². The van der Waals surface area contributed by atoms with Crippen molar-refractivity contribution in [1.82, 2.24) is 0 Å². The molecule has 0 aliphatic carbocycles. The molecule has 0 nitrogen and oxygen atoms in total. The Morgan fingerprint density at radius 3 is 2.28 bits per heavy atom. The van der Waals surface area contributed by atoms with Crippen LogP contribution in [0.2, 0.25) is 0 Å². The van der Waals surface area contributed by atoms with Gasteiger partial charge in [0.15, 0.2) is 0 Å². The third-order valence-electron chi connectivity index (χ3n) is 3.46. The third kappa shape index (κ3) is 1.68. The lowest BCUT2D eigenvalue weighted by molar-refractivity contribution is 1.40. The van der Waals surface area contributed by atoms with E-state index in [1.807, 2.05) is 11.3 Å². The first-order valence-electron chi connectivity index (χ1n) is 5.77. The average molecular weight is 384 g/mol. The number of rotatable bonds is 0. The fraction of sp³-hybridized carbons (Fsp3) is 0.200. The van der Waals surface area contributed by atoms with Gasteiger partial charge in [0.05, 0.1) is 0 Å². The van der Waals surface area contributed by atoms with Gasteiger partial charge < -0.3 is 0 Å². The molecule has 0 bridgehead atoms. The minimum absolute atomic E-state index is 1.19. The van der Waals surface area contributed by atoms with Crippen LogP contribution in [0.15, 0.2) is 27.1 Å². The third-order valence-corrected chi connectivity index (χ3v) is 7.00. The summed E-state index contributed by atoms with van der Waals surface area (Å²) in [7, 11) is 0. The maximum atomic E-state index is 3.69. The Hall–Kier alpha value is -0.380. The van der Waals surface area contributed by atoms with Crippen molar-refractivity contribution in [3.05, 3.63) is 43.8 Å². The van der Waals surface area contributed by atoms with Gasteiger partial charge in [0, 0.05) is 29.1 Å². The van der Waals surface area contributed by atoms with Gasteiger partial charge in [0.1, 0.15) is 0 Å². The summed E-state index contributed by atoms with van der Waals surface area (Å²) in [5.74, 6) is 0. The average Bonchev–Trinajstić information content (AvgIpc) is 2.71. The molecule has 0 aliphatic heterocycles. The van der Waals surface area contributed by atoms with Gasteiger partial charge >= 0.3 is 0 Å². The van der Waals surface area contributed by atoms with Crippen molar-refractivity contribution >= 4 is 63.4 Å². The second-order valence-corrected chi connectivity index (χ2v) is 7.33. The van der Waals surface area contributed by atoms with Crippen molar-refractivity contribution in [2.75, 3.05) is 0 Å². The number of halogens is 2. The van der Waals surface area contributed by atoms with Gasteiger partial charge in [-0.15, -0.1) is 11.3 Å². The van der Waals surface area contributed by atoms with E-state index in [9.17, 15) is 0 Å². The molecule has 1 heterocycles. The molecule has 1 aromatic heterocycles. The molecule has 18 heavy (non-hydrogen) atoms. The van der Waals surface area contributed by atoms with Gasteiger partial charge in [-0.1, -0.05) is 37.9 Å². The maximum Gasteiger partial charge on any atom is 0.0396 e. The van der Waals surface area contributed by atoms with Crippen LogP contribution >= 0.6 is 43.2 Å². The molecule has 3 rings (SSSR count). The van der Waals surface area contributed by atoms with Crippen LogP contribution in [-0.4, -0.2) is 0 Å². The second kappa shape index (κ2) is 4.32. The Morgan fingerprint density at radius 1 is 0.889 bits per heavy atom. The van der Waals surface area contributed by atoms with E-state index >= 15 is 0 Å². The quantitative estimate of drug-likeness (QED) is 0.415. The number of thiophene rings is 1. The van der Waals surface area contributed by atoms with Crippen LogP contribution in [0.25, 0.3) is 20.2 Å². The number of hydrogen-bond acceptors (Lipinski definition) is 1. The van der Waals surface area contributed by atoms with Gasteiger partial charge in [0.2, 0.25) is 0 Å². The van der Waals surface area contributed by atoms with Crippen LogP contribution in [0.1, 0.15) is 16.7 Å². The molecular formula is C15H12Br2S. The molecule has 2 aromatic carbocycles. The molecule has 0 N–H and O–H groups in total. The monoisotopic (exact) mass is 382 g/mol. The van der Waals surface area contributed by atoms with E-state index in [2.05, 4.69) is 70.8 Å². The van der Waals surface area contributed by atoms with E-state index < -0.39 is 0 Å². The van der Waals surface area contributed by atoms with Crippen molar-refractivity contribution in [3.63, 3.8) is 0 Å². The zero-order valence-corrected chi connectivity index (χ0v) is 14.4. The summed E-state index contributed by atoms with van der Waals surface area (Å²) < 4.78 is 5.21. The fourth-order valence-electron chi connectivity index (χ4n) is 2.39. The molecule has 0 amide bonds. The molecule has 92 valence electrons. The molecule has 0 unspecified atom stereocenters. The van der Waals surface area contributed by atoms with Gasteiger partial charge in [0.25, 0.3) is 0 Å². The largest absolute Gasteiger partial charge is 0.135 e. The highest BCUT2D eigenvalue weighted by atomic mass is 79.9. The number of hydrogen-bond donors (Lipinski definition) is 0. The normalized spacial score (nSPS) is 11.6. The highest BCUT2D eigenvalue weighted by molar-refractivity contribution is 9.10. The zero-order chi connectivity index (χ0) is 13.0. The van der Waals surface area contributed by atoms with Crippen LogP contribution < -0.4 is 0 Å². The molecule has 3 aromatic rings. The Labute approximate surface area is 127 Å². The van der Waals surface area contributed by atoms with Crippen LogP contribution in [-0.2, 0) is 0 Å². The lowest BCUT2D eigenvalue weighted by Gasteiger charge is -2.04. The molecule has 0 saturated heterocycles. The molecule has 0 spiro atoms. The first-order valence-corrected chi connectivity index (χ1v) is 8.18. The SMILES string of the molecule is Cc1cc2c(sc3c(C)c(Br)ccc32)c(C)c1Br. The number of aryl methyl sites for hydroxylation is 3. The number of benzene rings is 2. The molecule has 0 atom stereocenters. The Kier molecular flexibility index (Phi) is 3.04. The minimum Gasteiger partial charge on any atom is -0.135 e. The van der Waals surface area contributed by atoms with Crippen LogP contribution in [0.3, 0.4) is 0 Å². The topological polar surface area (TPSA) is 0 Å². The maximum absolute atomic E-state index is 3.69. The fourth-order valence-corrected chi connectivity index (χ4v) is 4.58. The first kappa shape index (κ1) is 12.6. The lowest BCUT2D eigenvalue weighted by atomic mass is 10.1. The van der Waals surface area contributed by atoms with Crippen molar-refractivity contribution < 1.29 is 0 Å². The van der Waals surface area contributed by atoms with Crippen molar-refractivity contribution in [1.29, 1.82) is 0 Å². The standard InChI is InChI=1S/C15H12Br2S/c1-7-6-11-10-4-5-12(16)8(2)14(10)18-15(11)9(3)13(7)17/h4-6H,1-3H3. The molecule has 0 aliphatic rings. The minimum atomic E-state index is 1.19. The molecule has 0 saturated carbocycles. The van der Waals surface area contributed by atoms with E-state index in [-0.39, 0.29) is 0 Å². The lowest BCUT2D eigenvalue weighted by Crippen LogP contribution is -1.81. The van der Waals surface area contributed by atoms with Gasteiger partial charge in [-0.05, 0) is 49.6 Å². The van der Waals surface area contributed by atoms with Crippen molar-refractivity contribution in [2.24, 2.45) is 0 Å². The summed E-state index contributed by atoms with van der Waals surface area (Å²) in [6.07, 6.45) is 0. The predicted molar refractivity (Wildman–Crippen MR) is 88.9 cm³/mol. The molecule has 0 fully saturated rings. The predicted octanol–water partition coefficient (Wildman–Crippen LogP) is 6.50. The summed E-state index contributed by atoms with van der Waals surface area (Å²) >= 11 is 9.20. The van der Waals surface area contributed by atoms with Gasteiger partial charge in [-0.25, -0.2) is 0 Å². The Morgan fingerprint density at radius 2 is 1.56 bits per heavy atom. The first-order chi connectivity index (χ1) is 8.50. The smallest absolute Gasteiger partial charge is 0.0396 e. The zero-order valence-electron chi connectivity index (χ0n) is 10.4. The Balaban J connectivity index is 2.59. The van der Waals surface area contributed by atoms with E-state index in [1.165, 1.54) is 45.8 Å². The van der Waals surface area contributed by atoms with Gasteiger partial charge in [-0.3, -0.25) is 0 Å². The van der Waals surface area contributed by atoms with Crippen molar-refractivity contribution in [3.8, 4) is 0 Å². The second-order valence-electron chi connectivity index (χ2n) is 4.66. The van der Waals surface area contributed by atoms with Gasteiger partial charge in [-0.2, -0.15) is 0 Å². The summed E-state index contributed by atoms with van der Waals surface area (Å²) in [5, 5.41) is 2.75. The highest BCUT2D eigenvalue weighted by Crippen LogP contribution is 2.42. The Bertz CT molecular complexity index is 784. The summed E-state index contributed by atoms with van der Waals surface area (Å²) in [6.45, 7) is 6.53. The van der Waals surface area contributed by atoms with E-state index in [0.29, 0.717) is 0 Å². The van der Waals surface area contributed by atoms with E-state index in [4.69, 9.17) is 0 Å². The summed E-state index contributed by atoms with van der Waals surface area (Å²) in [6, 6.07) is 6.66. The summed E-state index contributed by atoms with van der Waals surface area (Å²) in [5.41, 5.74) is 3.99. The summed E-state index contributed by atoms with van der Waals surface area (Å²) in [4.78, 5) is 0. The van der Waals surface area contributed by atoms with E-state index in [0.717, 1.165) is 0 Å². The van der Waals surface area contributed by atoms with Crippen LogP contribution in [0.4, 0.5) is 0 Å². The van der Waals surface area contributed by atoms with Crippen LogP contribution in [0, 0.1) is 20.8 Å². The van der Waals surface area contributed by atoms with E-state index in [1.54, 1.807) is 0 Å². The molecule has 0 radical (unpaired) electrons. The molecule has 3 heteroatoms. The molecular weight excluding hydrogens is 372 g/mol.